The second-order valence-corrected chi connectivity index (χ2v) is 5.20. The number of benzene rings is 1. The van der Waals surface area contributed by atoms with Crippen molar-refractivity contribution in [3.8, 4) is 11.3 Å². The normalized spacial score (nSPS) is 18.6. The third-order valence-electron chi connectivity index (χ3n) is 3.39. The summed E-state index contributed by atoms with van der Waals surface area (Å²) in [5.41, 5.74) is 1.59. The van der Waals surface area contributed by atoms with Gasteiger partial charge in [0.1, 0.15) is 5.69 Å². The quantitative estimate of drug-likeness (QED) is 0.812. The zero-order chi connectivity index (χ0) is 14.1. The van der Waals surface area contributed by atoms with E-state index in [9.17, 15) is 4.79 Å². The number of hydrogen-bond acceptors (Lipinski definition) is 3. The van der Waals surface area contributed by atoms with Gasteiger partial charge in [-0.15, -0.1) is 6.58 Å². The predicted molar refractivity (Wildman–Crippen MR) is 77.6 cm³/mol. The fourth-order valence-corrected chi connectivity index (χ4v) is 2.38. The average molecular weight is 289 g/mol. The summed E-state index contributed by atoms with van der Waals surface area (Å²) >= 11 is 5.85. The van der Waals surface area contributed by atoms with E-state index in [1.165, 1.54) is 0 Å². The number of amides is 1. The highest BCUT2D eigenvalue weighted by atomic mass is 35.5. The van der Waals surface area contributed by atoms with Gasteiger partial charge in [-0.1, -0.05) is 35.0 Å². The van der Waals surface area contributed by atoms with Crippen LogP contribution in [0.5, 0.6) is 0 Å². The molecule has 1 amide bonds. The fraction of sp³-hybridized carbons (Fsp3) is 0.200. The fourth-order valence-electron chi connectivity index (χ4n) is 2.26. The van der Waals surface area contributed by atoms with E-state index in [-0.39, 0.29) is 11.8 Å². The number of anilines is 1. The SMILES string of the molecule is C=CC1CC(=O)N(c2cc(-c3ccc(Cl)cc3)no2)C1. The molecule has 3 rings (SSSR count). The molecule has 1 unspecified atom stereocenters. The van der Waals surface area contributed by atoms with E-state index in [1.54, 1.807) is 29.2 Å². The Morgan fingerprint density at radius 1 is 1.40 bits per heavy atom. The lowest BCUT2D eigenvalue weighted by Crippen LogP contribution is -2.23. The molecule has 1 fully saturated rings. The van der Waals surface area contributed by atoms with E-state index in [4.69, 9.17) is 16.1 Å². The van der Waals surface area contributed by atoms with Crippen molar-refractivity contribution < 1.29 is 9.32 Å². The number of hydrogen-bond donors (Lipinski definition) is 0. The lowest BCUT2D eigenvalue weighted by molar-refractivity contribution is -0.117. The minimum atomic E-state index is 0.0358. The molecule has 4 nitrogen and oxygen atoms in total. The van der Waals surface area contributed by atoms with Crippen LogP contribution in [0.15, 0.2) is 47.5 Å². The van der Waals surface area contributed by atoms with Crippen LogP contribution in [0.25, 0.3) is 11.3 Å². The molecule has 0 radical (unpaired) electrons. The Labute approximate surface area is 121 Å². The van der Waals surface area contributed by atoms with Gasteiger partial charge in [0.15, 0.2) is 0 Å². The minimum Gasteiger partial charge on any atom is -0.338 e. The molecule has 0 aliphatic carbocycles. The minimum absolute atomic E-state index is 0.0358. The van der Waals surface area contributed by atoms with Crippen molar-refractivity contribution in [1.29, 1.82) is 0 Å². The summed E-state index contributed by atoms with van der Waals surface area (Å²) in [4.78, 5) is 13.5. The topological polar surface area (TPSA) is 46.3 Å². The molecular weight excluding hydrogens is 276 g/mol. The molecule has 1 atom stereocenters. The molecule has 0 bridgehead atoms. The summed E-state index contributed by atoms with van der Waals surface area (Å²) in [6, 6.07) is 9.08. The van der Waals surface area contributed by atoms with E-state index in [0.29, 0.717) is 29.6 Å². The molecule has 2 heterocycles. The molecule has 1 aromatic heterocycles. The maximum Gasteiger partial charge on any atom is 0.234 e. The molecule has 1 saturated heterocycles. The van der Waals surface area contributed by atoms with Crippen molar-refractivity contribution >= 4 is 23.4 Å². The molecule has 1 aromatic carbocycles. The first kappa shape index (κ1) is 12.9. The molecule has 0 spiro atoms. The third kappa shape index (κ3) is 2.34. The van der Waals surface area contributed by atoms with Gasteiger partial charge >= 0.3 is 0 Å². The van der Waals surface area contributed by atoms with Gasteiger partial charge in [-0.2, -0.15) is 0 Å². The van der Waals surface area contributed by atoms with Crippen LogP contribution in [0.4, 0.5) is 5.88 Å². The summed E-state index contributed by atoms with van der Waals surface area (Å²) in [5.74, 6) is 0.685. The predicted octanol–water partition coefficient (Wildman–Crippen LogP) is 3.53. The Bertz CT molecular complexity index is 648. The summed E-state index contributed by atoms with van der Waals surface area (Å²) in [6.07, 6.45) is 2.27. The highest BCUT2D eigenvalue weighted by molar-refractivity contribution is 6.30. The van der Waals surface area contributed by atoms with Crippen LogP contribution in [0, 0.1) is 5.92 Å². The van der Waals surface area contributed by atoms with Gasteiger partial charge in [0.25, 0.3) is 0 Å². The average Bonchev–Trinajstić information content (AvgIpc) is 3.06. The molecule has 0 N–H and O–H groups in total. The van der Waals surface area contributed by atoms with Gasteiger partial charge in [-0.25, -0.2) is 0 Å². The van der Waals surface area contributed by atoms with E-state index in [2.05, 4.69) is 11.7 Å². The zero-order valence-electron chi connectivity index (χ0n) is 10.8. The number of halogens is 1. The van der Waals surface area contributed by atoms with Crippen molar-refractivity contribution in [3.05, 3.63) is 48.0 Å². The van der Waals surface area contributed by atoms with E-state index >= 15 is 0 Å². The lowest BCUT2D eigenvalue weighted by atomic mass is 10.1. The first-order valence-corrected chi connectivity index (χ1v) is 6.71. The van der Waals surface area contributed by atoms with E-state index < -0.39 is 0 Å². The first-order chi connectivity index (χ1) is 9.67. The number of nitrogens with zero attached hydrogens (tertiary/aromatic N) is 2. The van der Waals surface area contributed by atoms with Gasteiger partial charge in [0.2, 0.25) is 11.8 Å². The monoisotopic (exact) mass is 288 g/mol. The Balaban J connectivity index is 1.85. The smallest absolute Gasteiger partial charge is 0.234 e. The Morgan fingerprint density at radius 2 is 2.15 bits per heavy atom. The molecule has 0 saturated carbocycles. The molecule has 20 heavy (non-hydrogen) atoms. The summed E-state index contributed by atoms with van der Waals surface area (Å²) in [6.45, 7) is 4.32. The number of rotatable bonds is 3. The van der Waals surface area contributed by atoms with Gasteiger partial charge in [0, 0.05) is 35.5 Å². The molecular formula is C15H13ClN2O2. The standard InChI is InChI=1S/C15H13ClN2O2/c1-2-10-7-14(19)18(9-10)15-8-13(17-20-15)11-3-5-12(16)6-4-11/h2-6,8,10H,1,7,9H2. The molecule has 5 heteroatoms. The first-order valence-electron chi connectivity index (χ1n) is 6.33. The maximum absolute atomic E-state index is 11.9. The molecule has 2 aromatic rings. The van der Waals surface area contributed by atoms with Crippen molar-refractivity contribution in [1.82, 2.24) is 5.16 Å². The van der Waals surface area contributed by atoms with Crippen LogP contribution >= 0.6 is 11.6 Å². The van der Waals surface area contributed by atoms with E-state index in [1.807, 2.05) is 12.1 Å². The van der Waals surface area contributed by atoms with Crippen LogP contribution in [0.1, 0.15) is 6.42 Å². The molecule has 1 aliphatic rings. The Kier molecular flexibility index (Phi) is 3.32. The summed E-state index contributed by atoms with van der Waals surface area (Å²) in [5, 5.41) is 4.68. The second kappa shape index (κ2) is 5.13. The van der Waals surface area contributed by atoms with Gasteiger partial charge in [-0.3, -0.25) is 9.69 Å². The van der Waals surface area contributed by atoms with Crippen molar-refractivity contribution in [2.24, 2.45) is 5.92 Å². The van der Waals surface area contributed by atoms with Crippen LogP contribution in [-0.2, 0) is 4.79 Å². The number of carbonyl (C=O) groups excluding carboxylic acids is 1. The van der Waals surface area contributed by atoms with Crippen LogP contribution in [0.2, 0.25) is 5.02 Å². The second-order valence-electron chi connectivity index (χ2n) is 4.76. The summed E-state index contributed by atoms with van der Waals surface area (Å²) in [7, 11) is 0. The van der Waals surface area contributed by atoms with Gasteiger partial charge in [-0.05, 0) is 12.1 Å². The van der Waals surface area contributed by atoms with Crippen molar-refractivity contribution in [2.45, 2.75) is 6.42 Å². The van der Waals surface area contributed by atoms with Crippen LogP contribution < -0.4 is 4.90 Å². The van der Waals surface area contributed by atoms with Crippen LogP contribution in [-0.4, -0.2) is 17.6 Å². The molecule has 1 aliphatic heterocycles. The third-order valence-corrected chi connectivity index (χ3v) is 3.64. The maximum atomic E-state index is 11.9. The highest BCUT2D eigenvalue weighted by Gasteiger charge is 2.31. The largest absolute Gasteiger partial charge is 0.338 e. The number of carbonyl (C=O) groups is 1. The number of aromatic nitrogens is 1. The lowest BCUT2D eigenvalue weighted by Gasteiger charge is -2.10. The Hall–Kier alpha value is -2.07. The summed E-state index contributed by atoms with van der Waals surface area (Å²) < 4.78 is 5.28. The van der Waals surface area contributed by atoms with Crippen molar-refractivity contribution in [2.75, 3.05) is 11.4 Å². The van der Waals surface area contributed by atoms with E-state index in [0.717, 1.165) is 5.56 Å². The Morgan fingerprint density at radius 3 is 2.80 bits per heavy atom. The van der Waals surface area contributed by atoms with Crippen molar-refractivity contribution in [3.63, 3.8) is 0 Å². The highest BCUT2D eigenvalue weighted by Crippen LogP contribution is 2.29. The van der Waals surface area contributed by atoms with Crippen LogP contribution in [0.3, 0.4) is 0 Å². The molecule has 102 valence electrons. The van der Waals surface area contributed by atoms with Gasteiger partial charge < -0.3 is 4.52 Å². The zero-order valence-corrected chi connectivity index (χ0v) is 11.5. The van der Waals surface area contributed by atoms with Gasteiger partial charge in [0.05, 0.1) is 0 Å².